The van der Waals surface area contributed by atoms with Crippen LogP contribution in [0.2, 0.25) is 0 Å². The van der Waals surface area contributed by atoms with E-state index in [4.69, 9.17) is 18.9 Å². The zero-order valence-electron chi connectivity index (χ0n) is 17.3. The number of nitrogens with zero attached hydrogens (tertiary/aromatic N) is 1. The SMILES string of the molecule is COc1cc(C=NNC(=O)C(OC)c2ccc3ccccc3c2)cc(OC)c1OC. The first-order valence-corrected chi connectivity index (χ1v) is 9.25. The highest BCUT2D eigenvalue weighted by molar-refractivity contribution is 5.88. The number of nitrogens with one attached hydrogen (secondary N) is 1. The number of ether oxygens (including phenoxy) is 4. The summed E-state index contributed by atoms with van der Waals surface area (Å²) in [5.41, 5.74) is 3.94. The van der Waals surface area contributed by atoms with Gasteiger partial charge in [0.05, 0.1) is 27.5 Å². The molecular formula is C23H24N2O5. The number of hydrogen-bond acceptors (Lipinski definition) is 6. The summed E-state index contributed by atoms with van der Waals surface area (Å²) in [6.45, 7) is 0. The fourth-order valence-electron chi connectivity index (χ4n) is 3.17. The van der Waals surface area contributed by atoms with Crippen molar-refractivity contribution in [3.05, 3.63) is 65.7 Å². The van der Waals surface area contributed by atoms with Crippen LogP contribution in [-0.4, -0.2) is 40.6 Å². The van der Waals surface area contributed by atoms with Crippen molar-refractivity contribution in [1.82, 2.24) is 5.43 Å². The molecule has 1 atom stereocenters. The molecule has 1 N–H and O–H groups in total. The minimum absolute atomic E-state index is 0.378. The van der Waals surface area contributed by atoms with E-state index in [9.17, 15) is 4.79 Å². The standard InChI is InChI=1S/C23H24N2O5/c1-27-19-11-15(12-20(28-2)22(19)30-4)14-24-25-23(26)21(29-3)18-10-9-16-7-5-6-8-17(16)13-18/h5-14,21H,1-4H3,(H,25,26). The number of hydrazone groups is 1. The zero-order chi connectivity index (χ0) is 21.5. The normalized spacial score (nSPS) is 12.0. The Bertz CT molecular complexity index is 1040. The number of fused-ring (bicyclic) bond motifs is 1. The van der Waals surface area contributed by atoms with Gasteiger partial charge in [0.15, 0.2) is 17.6 Å². The van der Waals surface area contributed by atoms with E-state index in [1.54, 1.807) is 12.1 Å². The van der Waals surface area contributed by atoms with Gasteiger partial charge in [0.2, 0.25) is 5.75 Å². The van der Waals surface area contributed by atoms with Crippen LogP contribution in [0.15, 0.2) is 59.7 Å². The van der Waals surface area contributed by atoms with Crippen molar-refractivity contribution in [3.8, 4) is 17.2 Å². The van der Waals surface area contributed by atoms with Crippen LogP contribution in [0.3, 0.4) is 0 Å². The van der Waals surface area contributed by atoms with E-state index in [2.05, 4.69) is 10.5 Å². The lowest BCUT2D eigenvalue weighted by molar-refractivity contribution is -0.131. The number of rotatable bonds is 8. The molecule has 0 bridgehead atoms. The average Bonchev–Trinajstić information content (AvgIpc) is 2.78. The smallest absolute Gasteiger partial charge is 0.273 e. The van der Waals surface area contributed by atoms with E-state index < -0.39 is 6.10 Å². The third kappa shape index (κ3) is 4.52. The maximum Gasteiger partial charge on any atom is 0.273 e. The van der Waals surface area contributed by atoms with Crippen molar-refractivity contribution in [2.45, 2.75) is 6.10 Å². The molecule has 3 rings (SSSR count). The largest absolute Gasteiger partial charge is 0.493 e. The summed E-state index contributed by atoms with van der Waals surface area (Å²) in [5.74, 6) is 1.10. The predicted octanol–water partition coefficient (Wildman–Crippen LogP) is 3.70. The Kier molecular flexibility index (Phi) is 6.87. The summed E-state index contributed by atoms with van der Waals surface area (Å²) >= 11 is 0. The monoisotopic (exact) mass is 408 g/mol. The third-order valence-electron chi connectivity index (χ3n) is 4.63. The molecule has 7 heteroatoms. The lowest BCUT2D eigenvalue weighted by Crippen LogP contribution is -2.26. The van der Waals surface area contributed by atoms with Crippen LogP contribution in [-0.2, 0) is 9.53 Å². The van der Waals surface area contributed by atoms with Crippen molar-refractivity contribution < 1.29 is 23.7 Å². The van der Waals surface area contributed by atoms with Gasteiger partial charge in [-0.05, 0) is 34.5 Å². The Balaban J connectivity index is 1.76. The first kappa shape index (κ1) is 21.1. The van der Waals surface area contributed by atoms with Gasteiger partial charge in [0.25, 0.3) is 5.91 Å². The molecule has 3 aromatic carbocycles. The van der Waals surface area contributed by atoms with Crippen molar-refractivity contribution >= 4 is 22.9 Å². The Hall–Kier alpha value is -3.58. The van der Waals surface area contributed by atoms with Crippen molar-refractivity contribution in [3.63, 3.8) is 0 Å². The van der Waals surface area contributed by atoms with Gasteiger partial charge in [-0.15, -0.1) is 0 Å². The van der Waals surface area contributed by atoms with Crippen LogP contribution >= 0.6 is 0 Å². The molecule has 0 spiro atoms. The second-order valence-corrected chi connectivity index (χ2v) is 6.42. The number of carbonyl (C=O) groups is 1. The topological polar surface area (TPSA) is 78.4 Å². The van der Waals surface area contributed by atoms with Crippen molar-refractivity contribution in [2.75, 3.05) is 28.4 Å². The minimum atomic E-state index is -0.785. The quantitative estimate of drug-likeness (QED) is 0.454. The maximum absolute atomic E-state index is 12.6. The van der Waals surface area contributed by atoms with E-state index >= 15 is 0 Å². The molecule has 0 radical (unpaired) electrons. The number of benzene rings is 3. The van der Waals surface area contributed by atoms with Crippen LogP contribution in [0.4, 0.5) is 0 Å². The van der Waals surface area contributed by atoms with Gasteiger partial charge in [-0.1, -0.05) is 36.4 Å². The highest BCUT2D eigenvalue weighted by Crippen LogP contribution is 2.37. The van der Waals surface area contributed by atoms with Crippen LogP contribution in [0, 0.1) is 0 Å². The molecule has 0 aliphatic heterocycles. The number of amides is 1. The van der Waals surface area contributed by atoms with E-state index in [0.29, 0.717) is 22.8 Å². The molecule has 0 aliphatic carbocycles. The molecule has 7 nitrogen and oxygen atoms in total. The highest BCUT2D eigenvalue weighted by Gasteiger charge is 2.20. The fourth-order valence-corrected chi connectivity index (χ4v) is 3.17. The molecule has 0 heterocycles. The number of methoxy groups -OCH3 is 4. The molecule has 1 amide bonds. The minimum Gasteiger partial charge on any atom is -0.493 e. The van der Waals surface area contributed by atoms with Gasteiger partial charge in [-0.25, -0.2) is 5.43 Å². The summed E-state index contributed by atoms with van der Waals surface area (Å²) in [4.78, 5) is 12.6. The van der Waals surface area contributed by atoms with Crippen molar-refractivity contribution in [2.24, 2.45) is 5.10 Å². The third-order valence-corrected chi connectivity index (χ3v) is 4.63. The fraction of sp³-hybridized carbons (Fsp3) is 0.217. The Morgan fingerprint density at radius 1 is 0.900 bits per heavy atom. The van der Waals surface area contributed by atoms with Crippen LogP contribution in [0.25, 0.3) is 10.8 Å². The van der Waals surface area contributed by atoms with Crippen molar-refractivity contribution in [1.29, 1.82) is 0 Å². The molecule has 0 saturated carbocycles. The van der Waals surface area contributed by atoms with Gasteiger partial charge < -0.3 is 18.9 Å². The van der Waals surface area contributed by atoms with E-state index in [-0.39, 0.29) is 5.91 Å². The predicted molar refractivity (Wildman–Crippen MR) is 116 cm³/mol. The second kappa shape index (κ2) is 9.76. The van der Waals surface area contributed by atoms with Crippen LogP contribution < -0.4 is 19.6 Å². The summed E-state index contributed by atoms with van der Waals surface area (Å²) in [5, 5.41) is 6.18. The first-order valence-electron chi connectivity index (χ1n) is 9.25. The first-order chi connectivity index (χ1) is 14.6. The Labute approximate surface area is 175 Å². The molecule has 30 heavy (non-hydrogen) atoms. The zero-order valence-corrected chi connectivity index (χ0v) is 17.3. The molecule has 0 saturated heterocycles. The van der Waals surface area contributed by atoms with Crippen LogP contribution in [0.1, 0.15) is 17.2 Å². The van der Waals surface area contributed by atoms with E-state index in [0.717, 1.165) is 16.3 Å². The molecule has 3 aromatic rings. The molecule has 0 fully saturated rings. The highest BCUT2D eigenvalue weighted by atomic mass is 16.5. The van der Waals surface area contributed by atoms with E-state index in [1.807, 2.05) is 42.5 Å². The lowest BCUT2D eigenvalue weighted by Gasteiger charge is -2.15. The van der Waals surface area contributed by atoms with Gasteiger partial charge >= 0.3 is 0 Å². The number of hydrogen-bond donors (Lipinski definition) is 1. The average molecular weight is 408 g/mol. The van der Waals surface area contributed by atoms with Crippen LogP contribution in [0.5, 0.6) is 17.2 Å². The Morgan fingerprint density at radius 2 is 1.57 bits per heavy atom. The molecule has 156 valence electrons. The van der Waals surface area contributed by atoms with E-state index in [1.165, 1.54) is 34.7 Å². The summed E-state index contributed by atoms with van der Waals surface area (Å²) in [6.07, 6.45) is 0.710. The van der Waals surface area contributed by atoms with Gasteiger partial charge in [0, 0.05) is 12.7 Å². The van der Waals surface area contributed by atoms with Gasteiger partial charge in [-0.2, -0.15) is 5.10 Å². The molecule has 0 aromatic heterocycles. The molecular weight excluding hydrogens is 384 g/mol. The maximum atomic E-state index is 12.6. The summed E-state index contributed by atoms with van der Waals surface area (Å²) in [6, 6.07) is 17.2. The van der Waals surface area contributed by atoms with Gasteiger partial charge in [0.1, 0.15) is 0 Å². The number of carbonyl (C=O) groups excluding carboxylic acids is 1. The summed E-state index contributed by atoms with van der Waals surface area (Å²) < 4.78 is 21.4. The summed E-state index contributed by atoms with van der Waals surface area (Å²) in [7, 11) is 6.09. The lowest BCUT2D eigenvalue weighted by atomic mass is 10.0. The second-order valence-electron chi connectivity index (χ2n) is 6.42. The molecule has 0 aliphatic rings. The van der Waals surface area contributed by atoms with Gasteiger partial charge in [-0.3, -0.25) is 4.79 Å². The Morgan fingerprint density at radius 3 is 2.17 bits per heavy atom. The molecule has 1 unspecified atom stereocenters.